The first-order chi connectivity index (χ1) is 17.3. The highest BCUT2D eigenvalue weighted by Gasteiger charge is 2.27. The molecule has 0 heterocycles. The van der Waals surface area contributed by atoms with Crippen molar-refractivity contribution in [3.63, 3.8) is 0 Å². The summed E-state index contributed by atoms with van der Waals surface area (Å²) in [6.07, 6.45) is 4.56. The molecule has 0 N–H and O–H groups in total. The molecule has 1 aliphatic carbocycles. The first-order valence-corrected chi connectivity index (χ1v) is 12.1. The van der Waals surface area contributed by atoms with E-state index in [-0.39, 0.29) is 0 Å². The lowest BCUT2D eigenvalue weighted by Crippen LogP contribution is -1.97. The molecule has 0 radical (unpaired) electrons. The van der Waals surface area contributed by atoms with Crippen LogP contribution < -0.4 is 4.74 Å². The number of benzene rings is 5. The van der Waals surface area contributed by atoms with Crippen LogP contribution in [-0.2, 0) is 6.42 Å². The van der Waals surface area contributed by atoms with Gasteiger partial charge in [0.15, 0.2) is 0 Å². The zero-order valence-electron chi connectivity index (χ0n) is 19.7. The summed E-state index contributed by atoms with van der Waals surface area (Å²) in [4.78, 5) is 0. The Labute approximate surface area is 207 Å². The molecule has 5 aromatic rings. The van der Waals surface area contributed by atoms with Crippen molar-refractivity contribution in [3.05, 3.63) is 139 Å². The largest absolute Gasteiger partial charge is 0.465 e. The number of ether oxygens (including phenoxy) is 1. The molecule has 0 fully saturated rings. The van der Waals surface area contributed by atoms with Gasteiger partial charge in [-0.2, -0.15) is 0 Å². The van der Waals surface area contributed by atoms with Crippen molar-refractivity contribution in [2.45, 2.75) is 13.3 Å². The van der Waals surface area contributed by atoms with Crippen molar-refractivity contribution in [1.29, 1.82) is 0 Å². The van der Waals surface area contributed by atoms with Gasteiger partial charge in [-0.25, -0.2) is 0 Å². The minimum atomic E-state index is 0.836. The van der Waals surface area contributed by atoms with E-state index in [4.69, 9.17) is 4.74 Å². The molecule has 168 valence electrons. The van der Waals surface area contributed by atoms with Gasteiger partial charge in [0.2, 0.25) is 0 Å². The smallest absolute Gasteiger partial charge is 0.126 e. The van der Waals surface area contributed by atoms with Gasteiger partial charge in [-0.3, -0.25) is 0 Å². The van der Waals surface area contributed by atoms with Crippen molar-refractivity contribution in [2.24, 2.45) is 0 Å². The normalized spacial score (nSPS) is 11.9. The second-order valence-corrected chi connectivity index (χ2v) is 8.88. The molecule has 0 saturated heterocycles. The average Bonchev–Trinajstić information content (AvgIpc) is 3.30. The Bertz CT molecular complexity index is 1510. The summed E-state index contributed by atoms with van der Waals surface area (Å²) < 4.78 is 5.69. The van der Waals surface area contributed by atoms with Crippen LogP contribution in [0.15, 0.2) is 128 Å². The van der Waals surface area contributed by atoms with Crippen molar-refractivity contribution < 1.29 is 4.74 Å². The number of hydrogen-bond acceptors (Lipinski definition) is 1. The third-order valence-electron chi connectivity index (χ3n) is 6.74. The maximum atomic E-state index is 5.69. The van der Waals surface area contributed by atoms with Gasteiger partial charge in [0.25, 0.3) is 0 Å². The maximum absolute atomic E-state index is 5.69. The molecule has 6 rings (SSSR count). The Balaban J connectivity index is 1.67. The van der Waals surface area contributed by atoms with Crippen LogP contribution in [0.2, 0.25) is 0 Å². The van der Waals surface area contributed by atoms with E-state index in [9.17, 15) is 0 Å². The lowest BCUT2D eigenvalue weighted by atomic mass is 9.82. The van der Waals surface area contributed by atoms with E-state index < -0.39 is 0 Å². The van der Waals surface area contributed by atoms with E-state index in [0.717, 1.165) is 12.2 Å². The fourth-order valence-corrected chi connectivity index (χ4v) is 5.19. The molecular formula is C34H26O. The Morgan fingerprint density at radius 3 is 1.89 bits per heavy atom. The molecule has 1 heteroatoms. The fraction of sp³-hybridized carbons (Fsp3) is 0.0588. The Morgan fingerprint density at radius 1 is 0.571 bits per heavy atom. The maximum Gasteiger partial charge on any atom is 0.126 e. The standard InChI is InChI=1S/C34H26O/c1-2-21-35-28-19-17-24(18-20-28)30-23-31-29-16-10-9-15-27(29)22-32(31)34(26-13-7-4-8-14-26)33(30)25-11-5-3-6-12-25/h2-21,23H,22H2,1H3. The highest BCUT2D eigenvalue weighted by Crippen LogP contribution is 2.50. The van der Waals surface area contributed by atoms with Crippen molar-refractivity contribution in [2.75, 3.05) is 0 Å². The van der Waals surface area contributed by atoms with Gasteiger partial charge in [0.1, 0.15) is 5.75 Å². The van der Waals surface area contributed by atoms with Crippen LogP contribution in [0.4, 0.5) is 0 Å². The number of fused-ring (bicyclic) bond motifs is 3. The van der Waals surface area contributed by atoms with Crippen LogP contribution in [0.3, 0.4) is 0 Å². The van der Waals surface area contributed by atoms with Crippen LogP contribution >= 0.6 is 0 Å². The van der Waals surface area contributed by atoms with Crippen LogP contribution in [-0.4, -0.2) is 0 Å². The van der Waals surface area contributed by atoms with Crippen molar-refractivity contribution in [3.8, 4) is 50.3 Å². The van der Waals surface area contributed by atoms with Gasteiger partial charge in [-0.1, -0.05) is 103 Å². The molecule has 0 unspecified atom stereocenters. The van der Waals surface area contributed by atoms with Crippen LogP contribution in [0.1, 0.15) is 18.1 Å². The molecule has 1 nitrogen and oxygen atoms in total. The molecule has 5 aromatic carbocycles. The van der Waals surface area contributed by atoms with Crippen LogP contribution in [0, 0.1) is 0 Å². The summed E-state index contributed by atoms with van der Waals surface area (Å²) in [5.74, 6) is 0.836. The third kappa shape index (κ3) is 3.86. The average molecular weight is 451 g/mol. The fourth-order valence-electron chi connectivity index (χ4n) is 5.19. The van der Waals surface area contributed by atoms with Gasteiger partial charge in [-0.05, 0) is 87.2 Å². The Morgan fingerprint density at radius 2 is 1.20 bits per heavy atom. The van der Waals surface area contributed by atoms with E-state index in [2.05, 4.69) is 103 Å². The zero-order chi connectivity index (χ0) is 23.6. The summed E-state index contributed by atoms with van der Waals surface area (Å²) in [6.45, 7) is 1.95. The zero-order valence-corrected chi connectivity index (χ0v) is 19.7. The lowest BCUT2D eigenvalue weighted by Gasteiger charge is -2.21. The van der Waals surface area contributed by atoms with E-state index in [1.165, 1.54) is 55.6 Å². The number of hydrogen-bond donors (Lipinski definition) is 0. The van der Waals surface area contributed by atoms with Crippen LogP contribution in [0.5, 0.6) is 5.75 Å². The van der Waals surface area contributed by atoms with Crippen LogP contribution in [0.25, 0.3) is 44.5 Å². The highest BCUT2D eigenvalue weighted by molar-refractivity contribution is 6.01. The summed E-state index contributed by atoms with van der Waals surface area (Å²) in [5.41, 5.74) is 13.0. The number of rotatable bonds is 5. The molecule has 0 saturated carbocycles. The molecule has 0 aromatic heterocycles. The summed E-state index contributed by atoms with van der Waals surface area (Å²) >= 11 is 0. The second kappa shape index (κ2) is 9.12. The van der Waals surface area contributed by atoms with Gasteiger partial charge >= 0.3 is 0 Å². The lowest BCUT2D eigenvalue weighted by molar-refractivity contribution is 0.480. The molecule has 0 bridgehead atoms. The van der Waals surface area contributed by atoms with E-state index in [1.807, 2.05) is 25.1 Å². The number of allylic oxidation sites excluding steroid dienone is 1. The molecule has 35 heavy (non-hydrogen) atoms. The monoisotopic (exact) mass is 450 g/mol. The molecule has 0 spiro atoms. The van der Waals surface area contributed by atoms with Gasteiger partial charge in [0, 0.05) is 0 Å². The van der Waals surface area contributed by atoms with E-state index in [1.54, 1.807) is 6.26 Å². The van der Waals surface area contributed by atoms with E-state index >= 15 is 0 Å². The summed E-state index contributed by atoms with van der Waals surface area (Å²) in [5, 5.41) is 0. The second-order valence-electron chi connectivity index (χ2n) is 8.88. The van der Waals surface area contributed by atoms with Crippen molar-refractivity contribution in [1.82, 2.24) is 0 Å². The minimum Gasteiger partial charge on any atom is -0.465 e. The predicted molar refractivity (Wildman–Crippen MR) is 146 cm³/mol. The molecule has 1 aliphatic rings. The topological polar surface area (TPSA) is 9.23 Å². The predicted octanol–water partition coefficient (Wildman–Crippen LogP) is 9.17. The molecular weight excluding hydrogens is 424 g/mol. The summed E-state index contributed by atoms with van der Waals surface area (Å²) in [6, 6.07) is 41.3. The van der Waals surface area contributed by atoms with Crippen molar-refractivity contribution >= 4 is 0 Å². The van der Waals surface area contributed by atoms with Gasteiger partial charge in [-0.15, -0.1) is 0 Å². The first kappa shape index (κ1) is 21.2. The molecule has 0 atom stereocenters. The first-order valence-electron chi connectivity index (χ1n) is 12.1. The Kier molecular flexibility index (Phi) is 5.52. The quantitative estimate of drug-likeness (QED) is 0.238. The molecule has 0 aliphatic heterocycles. The Hall–Kier alpha value is -4.36. The molecule has 0 amide bonds. The summed E-state index contributed by atoms with van der Waals surface area (Å²) in [7, 11) is 0. The van der Waals surface area contributed by atoms with Gasteiger partial charge in [0.05, 0.1) is 6.26 Å². The highest BCUT2D eigenvalue weighted by atomic mass is 16.5. The third-order valence-corrected chi connectivity index (χ3v) is 6.74. The van der Waals surface area contributed by atoms with Gasteiger partial charge < -0.3 is 4.74 Å². The minimum absolute atomic E-state index is 0.836. The SMILES string of the molecule is CC=COc1ccc(-c2cc3c(c(-c4ccccc4)c2-c2ccccc2)Cc2ccccc2-3)cc1. The van der Waals surface area contributed by atoms with E-state index in [0.29, 0.717) is 0 Å².